The second-order valence-electron chi connectivity index (χ2n) is 5.08. The molecule has 0 aliphatic rings. The van der Waals surface area contributed by atoms with E-state index in [1.165, 1.54) is 5.56 Å². The zero-order chi connectivity index (χ0) is 15.4. The van der Waals surface area contributed by atoms with Crippen LogP contribution in [0.5, 0.6) is 0 Å². The molecule has 0 N–H and O–H groups in total. The summed E-state index contributed by atoms with van der Waals surface area (Å²) in [4.78, 5) is 12.3. The Kier molecular flexibility index (Phi) is 6.08. The SMILES string of the molecule is O=C(c1ccccc1)c1cc[n+](Cc2ccc(Br)cc2)cc1.[Cl-]. The maximum atomic E-state index is 12.3. The van der Waals surface area contributed by atoms with Crippen LogP contribution in [0.25, 0.3) is 0 Å². The molecule has 3 rings (SSSR count). The molecule has 116 valence electrons. The van der Waals surface area contributed by atoms with Crippen molar-refractivity contribution in [2.24, 2.45) is 0 Å². The van der Waals surface area contributed by atoms with Gasteiger partial charge in [0.05, 0.1) is 0 Å². The second-order valence-corrected chi connectivity index (χ2v) is 6.00. The zero-order valence-corrected chi connectivity index (χ0v) is 14.7. The summed E-state index contributed by atoms with van der Waals surface area (Å²) in [6, 6.07) is 21.3. The lowest BCUT2D eigenvalue weighted by Crippen LogP contribution is -3.00. The first-order chi connectivity index (χ1) is 10.7. The summed E-state index contributed by atoms with van der Waals surface area (Å²) < 4.78 is 3.13. The third kappa shape index (κ3) is 4.50. The molecule has 0 spiro atoms. The van der Waals surface area contributed by atoms with Crippen molar-refractivity contribution in [2.45, 2.75) is 6.54 Å². The van der Waals surface area contributed by atoms with Crippen LogP contribution >= 0.6 is 15.9 Å². The van der Waals surface area contributed by atoms with E-state index in [9.17, 15) is 4.79 Å². The Labute approximate surface area is 150 Å². The smallest absolute Gasteiger partial charge is 0.193 e. The molecular weight excluding hydrogens is 374 g/mol. The number of halogens is 2. The topological polar surface area (TPSA) is 20.9 Å². The molecule has 1 heterocycles. The zero-order valence-electron chi connectivity index (χ0n) is 12.3. The number of hydrogen-bond donors (Lipinski definition) is 0. The monoisotopic (exact) mass is 387 g/mol. The summed E-state index contributed by atoms with van der Waals surface area (Å²) >= 11 is 3.43. The molecular formula is C19H15BrClNO. The Morgan fingerprint density at radius 3 is 2.00 bits per heavy atom. The van der Waals surface area contributed by atoms with Gasteiger partial charge in [0.2, 0.25) is 0 Å². The first-order valence-corrected chi connectivity index (χ1v) is 7.85. The van der Waals surface area contributed by atoms with Crippen molar-refractivity contribution in [2.75, 3.05) is 0 Å². The van der Waals surface area contributed by atoms with E-state index in [1.54, 1.807) is 0 Å². The molecule has 3 aromatic rings. The Morgan fingerprint density at radius 2 is 1.39 bits per heavy atom. The number of nitrogens with zero attached hydrogens (tertiary/aromatic N) is 1. The molecule has 4 heteroatoms. The largest absolute Gasteiger partial charge is 1.00 e. The standard InChI is InChI=1S/C19H15BrNO.ClH/c20-18-8-6-15(7-9-18)14-21-12-10-17(11-13-21)19(22)16-4-2-1-3-5-16;/h1-13H,14H2;1H/q+1;/p-1. The van der Waals surface area contributed by atoms with Crippen LogP contribution in [0.1, 0.15) is 21.5 Å². The summed E-state index contributed by atoms with van der Waals surface area (Å²) in [5.41, 5.74) is 2.64. The molecule has 0 bridgehead atoms. The van der Waals surface area contributed by atoms with Gasteiger partial charge < -0.3 is 12.4 Å². The van der Waals surface area contributed by atoms with Gasteiger partial charge in [0.25, 0.3) is 0 Å². The molecule has 0 atom stereocenters. The first kappa shape index (κ1) is 17.4. The van der Waals surface area contributed by atoms with Crippen molar-refractivity contribution in [1.82, 2.24) is 0 Å². The molecule has 0 saturated heterocycles. The van der Waals surface area contributed by atoms with E-state index in [0.29, 0.717) is 11.1 Å². The van der Waals surface area contributed by atoms with Gasteiger partial charge >= 0.3 is 0 Å². The fraction of sp³-hybridized carbons (Fsp3) is 0.0526. The van der Waals surface area contributed by atoms with Gasteiger partial charge in [-0.15, -0.1) is 0 Å². The Morgan fingerprint density at radius 1 is 0.826 bits per heavy atom. The minimum Gasteiger partial charge on any atom is -1.00 e. The van der Waals surface area contributed by atoms with Crippen LogP contribution in [0, 0.1) is 0 Å². The van der Waals surface area contributed by atoms with Gasteiger partial charge in [0, 0.05) is 33.3 Å². The molecule has 0 radical (unpaired) electrons. The number of benzene rings is 2. The van der Waals surface area contributed by atoms with Gasteiger partial charge in [-0.3, -0.25) is 4.79 Å². The summed E-state index contributed by atoms with van der Waals surface area (Å²) in [6.45, 7) is 0.785. The highest BCUT2D eigenvalue weighted by atomic mass is 79.9. The number of aromatic nitrogens is 1. The average Bonchev–Trinajstić information content (AvgIpc) is 2.58. The fourth-order valence-corrected chi connectivity index (χ4v) is 2.54. The van der Waals surface area contributed by atoms with E-state index in [1.807, 2.05) is 67.0 Å². The van der Waals surface area contributed by atoms with Gasteiger partial charge in [-0.05, 0) is 12.1 Å². The molecule has 0 unspecified atom stereocenters. The first-order valence-electron chi connectivity index (χ1n) is 7.06. The number of ketones is 1. The van der Waals surface area contributed by atoms with Crippen LogP contribution in [0.2, 0.25) is 0 Å². The van der Waals surface area contributed by atoms with E-state index in [-0.39, 0.29) is 18.2 Å². The molecule has 2 aromatic carbocycles. The Balaban J connectivity index is 0.00000192. The van der Waals surface area contributed by atoms with Crippen LogP contribution in [-0.2, 0) is 6.54 Å². The van der Waals surface area contributed by atoms with Gasteiger partial charge in [0.1, 0.15) is 0 Å². The number of carbonyl (C=O) groups excluding carboxylic acids is 1. The molecule has 0 aliphatic carbocycles. The highest BCUT2D eigenvalue weighted by molar-refractivity contribution is 9.10. The summed E-state index contributed by atoms with van der Waals surface area (Å²) in [5.74, 6) is 0.0522. The summed E-state index contributed by atoms with van der Waals surface area (Å²) in [7, 11) is 0. The molecule has 23 heavy (non-hydrogen) atoms. The van der Waals surface area contributed by atoms with E-state index in [4.69, 9.17) is 0 Å². The van der Waals surface area contributed by atoms with Gasteiger partial charge in [0.15, 0.2) is 24.7 Å². The number of hydrogen-bond acceptors (Lipinski definition) is 1. The summed E-state index contributed by atoms with van der Waals surface area (Å²) in [6.07, 6.45) is 3.89. The minimum absolute atomic E-state index is 0. The van der Waals surface area contributed by atoms with E-state index in [0.717, 1.165) is 11.0 Å². The molecule has 1 aromatic heterocycles. The van der Waals surface area contributed by atoms with Crippen molar-refractivity contribution in [3.05, 3.63) is 100 Å². The van der Waals surface area contributed by atoms with Crippen LogP contribution in [0.15, 0.2) is 83.6 Å². The van der Waals surface area contributed by atoms with Crippen LogP contribution in [0.4, 0.5) is 0 Å². The van der Waals surface area contributed by atoms with Crippen LogP contribution in [0.3, 0.4) is 0 Å². The lowest BCUT2D eigenvalue weighted by Gasteiger charge is -2.01. The highest BCUT2D eigenvalue weighted by Crippen LogP contribution is 2.11. The quantitative estimate of drug-likeness (QED) is 0.483. The van der Waals surface area contributed by atoms with E-state index >= 15 is 0 Å². The third-order valence-electron chi connectivity index (χ3n) is 3.47. The maximum Gasteiger partial charge on any atom is 0.193 e. The molecule has 2 nitrogen and oxygen atoms in total. The predicted octanol–water partition coefficient (Wildman–Crippen LogP) is 1.02. The number of pyridine rings is 1. The number of carbonyl (C=O) groups is 1. The number of rotatable bonds is 4. The van der Waals surface area contributed by atoms with Crippen LogP contribution in [-0.4, -0.2) is 5.78 Å². The highest BCUT2D eigenvalue weighted by Gasteiger charge is 2.10. The normalized spacial score (nSPS) is 9.96. The van der Waals surface area contributed by atoms with Crippen molar-refractivity contribution >= 4 is 21.7 Å². The van der Waals surface area contributed by atoms with Crippen molar-refractivity contribution in [1.29, 1.82) is 0 Å². The van der Waals surface area contributed by atoms with Crippen molar-refractivity contribution in [3.8, 4) is 0 Å². The van der Waals surface area contributed by atoms with Crippen LogP contribution < -0.4 is 17.0 Å². The Hall–Kier alpha value is -1.97. The maximum absolute atomic E-state index is 12.3. The third-order valence-corrected chi connectivity index (χ3v) is 4.00. The van der Waals surface area contributed by atoms with Gasteiger partial charge in [-0.2, -0.15) is 0 Å². The lowest BCUT2D eigenvalue weighted by atomic mass is 10.0. The molecule has 0 aliphatic heterocycles. The fourth-order valence-electron chi connectivity index (χ4n) is 2.27. The van der Waals surface area contributed by atoms with Crippen molar-refractivity contribution in [3.63, 3.8) is 0 Å². The molecule has 0 fully saturated rings. The summed E-state index contributed by atoms with van der Waals surface area (Å²) in [5, 5.41) is 0. The predicted molar refractivity (Wildman–Crippen MR) is 89.8 cm³/mol. The second kappa shape index (κ2) is 8.04. The van der Waals surface area contributed by atoms with Gasteiger partial charge in [-0.25, -0.2) is 4.57 Å². The average molecular weight is 389 g/mol. The molecule has 0 amide bonds. The van der Waals surface area contributed by atoms with Crippen molar-refractivity contribution < 1.29 is 21.8 Å². The molecule has 0 saturated carbocycles. The van der Waals surface area contributed by atoms with Gasteiger partial charge in [-0.1, -0.05) is 58.4 Å². The van der Waals surface area contributed by atoms with E-state index < -0.39 is 0 Å². The lowest BCUT2D eigenvalue weighted by molar-refractivity contribution is -0.688. The van der Waals surface area contributed by atoms with E-state index in [2.05, 4.69) is 32.6 Å². The Bertz CT molecular complexity index is 771. The minimum atomic E-state index is 0.